The monoisotopic (exact) mass is 502 g/mol. The van der Waals surface area contributed by atoms with Crippen LogP contribution in [0.5, 0.6) is 11.5 Å². The second-order valence-electron chi connectivity index (χ2n) is 7.84. The van der Waals surface area contributed by atoms with Gasteiger partial charge in [-0.15, -0.1) is 0 Å². The smallest absolute Gasteiger partial charge is 0.308 e. The molecule has 1 fully saturated rings. The second kappa shape index (κ2) is 9.94. The Kier molecular flexibility index (Phi) is 6.77. The summed E-state index contributed by atoms with van der Waals surface area (Å²) < 4.78 is 10.3. The van der Waals surface area contributed by atoms with Crippen molar-refractivity contribution in [3.63, 3.8) is 0 Å². The molecule has 1 aliphatic heterocycles. The van der Waals surface area contributed by atoms with Crippen LogP contribution in [0, 0.1) is 11.3 Å². The number of hydrogen-bond donors (Lipinski definition) is 1. The van der Waals surface area contributed by atoms with Gasteiger partial charge in [0, 0.05) is 18.2 Å². The summed E-state index contributed by atoms with van der Waals surface area (Å²) in [5.41, 5.74) is 1.13. The first-order valence-electron chi connectivity index (χ1n) is 10.7. The lowest BCUT2D eigenvalue weighted by atomic mass is 9.95. The van der Waals surface area contributed by atoms with E-state index < -0.39 is 29.5 Å². The van der Waals surface area contributed by atoms with Crippen molar-refractivity contribution >= 4 is 40.7 Å². The van der Waals surface area contributed by atoms with Crippen LogP contribution in [0.25, 0.3) is 5.76 Å². The maximum absolute atomic E-state index is 13.3. The van der Waals surface area contributed by atoms with E-state index >= 15 is 0 Å². The fourth-order valence-electron chi connectivity index (χ4n) is 3.95. The Bertz CT molecular complexity index is 1440. The van der Waals surface area contributed by atoms with Gasteiger partial charge in [0.1, 0.15) is 17.3 Å². The summed E-state index contributed by atoms with van der Waals surface area (Å²) in [5, 5.41) is 20.6. The Morgan fingerprint density at radius 1 is 1.03 bits per heavy atom. The third-order valence-corrected chi connectivity index (χ3v) is 5.93. The minimum absolute atomic E-state index is 0.121. The van der Waals surface area contributed by atoms with Crippen molar-refractivity contribution in [1.29, 1.82) is 5.26 Å². The zero-order valence-electron chi connectivity index (χ0n) is 19.2. The molecule has 0 radical (unpaired) electrons. The Morgan fingerprint density at radius 3 is 2.25 bits per heavy atom. The number of aliphatic hydroxyl groups excluding tert-OH is 1. The molecule has 0 saturated carbocycles. The van der Waals surface area contributed by atoms with Crippen molar-refractivity contribution < 1.29 is 29.0 Å². The molecular formula is C27H19ClN2O6. The van der Waals surface area contributed by atoms with Crippen LogP contribution < -0.4 is 14.4 Å². The number of Topliss-reactive ketones (excluding diaryl/α,β-unsaturated/α-hetero) is 1. The molecule has 3 aromatic carbocycles. The van der Waals surface area contributed by atoms with Gasteiger partial charge < -0.3 is 14.6 Å². The molecule has 0 aliphatic carbocycles. The lowest BCUT2D eigenvalue weighted by Crippen LogP contribution is -2.29. The average molecular weight is 503 g/mol. The van der Waals surface area contributed by atoms with Gasteiger partial charge in [-0.1, -0.05) is 23.7 Å². The molecule has 0 aromatic heterocycles. The van der Waals surface area contributed by atoms with Crippen molar-refractivity contribution in [2.24, 2.45) is 0 Å². The molecular weight excluding hydrogens is 484 g/mol. The van der Waals surface area contributed by atoms with Crippen LogP contribution in [-0.4, -0.2) is 29.9 Å². The molecule has 36 heavy (non-hydrogen) atoms. The molecule has 1 heterocycles. The average Bonchev–Trinajstić information content (AvgIpc) is 3.14. The number of aliphatic hydroxyl groups is 1. The predicted molar refractivity (Wildman–Crippen MR) is 132 cm³/mol. The highest BCUT2D eigenvalue weighted by Crippen LogP contribution is 2.43. The summed E-state index contributed by atoms with van der Waals surface area (Å²) in [6.07, 6.45) is 0. The topological polar surface area (TPSA) is 117 Å². The lowest BCUT2D eigenvalue weighted by Gasteiger charge is -2.25. The fraction of sp³-hybridized carbons (Fsp3) is 0.111. The largest absolute Gasteiger partial charge is 0.507 e. The Morgan fingerprint density at radius 2 is 1.67 bits per heavy atom. The van der Waals surface area contributed by atoms with Crippen LogP contribution in [0.3, 0.4) is 0 Å². The molecule has 1 amide bonds. The maximum atomic E-state index is 13.3. The lowest BCUT2D eigenvalue weighted by molar-refractivity contribution is -0.132. The number of ether oxygens (including phenoxy) is 2. The number of carbonyl (C=O) groups excluding carboxylic acids is 3. The number of methoxy groups -OCH3 is 1. The summed E-state index contributed by atoms with van der Waals surface area (Å²) in [6.45, 7) is 1.27. The van der Waals surface area contributed by atoms with Gasteiger partial charge in [0.25, 0.3) is 11.7 Å². The highest BCUT2D eigenvalue weighted by Gasteiger charge is 2.47. The normalized spacial score (nSPS) is 16.5. The van der Waals surface area contributed by atoms with E-state index in [-0.39, 0.29) is 21.9 Å². The first kappa shape index (κ1) is 24.5. The summed E-state index contributed by atoms with van der Waals surface area (Å²) in [5.74, 6) is -2.08. The highest BCUT2D eigenvalue weighted by atomic mass is 35.5. The molecule has 1 N–H and O–H groups in total. The van der Waals surface area contributed by atoms with Crippen molar-refractivity contribution in [3.05, 3.63) is 94.0 Å². The number of halogens is 1. The summed E-state index contributed by atoms with van der Waals surface area (Å²) in [7, 11) is 1.45. The molecule has 1 saturated heterocycles. The van der Waals surface area contributed by atoms with E-state index in [1.54, 1.807) is 30.3 Å². The molecule has 180 valence electrons. The van der Waals surface area contributed by atoms with E-state index in [2.05, 4.69) is 0 Å². The van der Waals surface area contributed by atoms with Gasteiger partial charge in [-0.25, -0.2) is 0 Å². The van der Waals surface area contributed by atoms with Crippen LogP contribution in [0.15, 0.2) is 72.3 Å². The molecule has 1 atom stereocenters. The maximum Gasteiger partial charge on any atom is 0.308 e. The van der Waals surface area contributed by atoms with Crippen LogP contribution in [0.4, 0.5) is 5.69 Å². The zero-order chi connectivity index (χ0) is 26.0. The molecule has 8 nitrogen and oxygen atoms in total. The molecule has 4 rings (SSSR count). The first-order valence-corrected chi connectivity index (χ1v) is 11.1. The molecule has 1 aliphatic rings. The van der Waals surface area contributed by atoms with E-state index in [9.17, 15) is 19.5 Å². The highest BCUT2D eigenvalue weighted by molar-refractivity contribution is 6.52. The van der Waals surface area contributed by atoms with Crippen molar-refractivity contribution in [1.82, 2.24) is 0 Å². The minimum Gasteiger partial charge on any atom is -0.507 e. The van der Waals surface area contributed by atoms with Gasteiger partial charge in [-0.3, -0.25) is 19.3 Å². The van der Waals surface area contributed by atoms with E-state index in [1.807, 2.05) is 6.07 Å². The predicted octanol–water partition coefficient (Wildman–Crippen LogP) is 4.77. The van der Waals surface area contributed by atoms with E-state index in [0.717, 1.165) is 0 Å². The Balaban J connectivity index is 1.92. The van der Waals surface area contributed by atoms with Gasteiger partial charge in [0.05, 0.1) is 35.4 Å². The number of carbonyl (C=O) groups is 3. The molecule has 0 bridgehead atoms. The number of hydrogen-bond acceptors (Lipinski definition) is 7. The zero-order valence-corrected chi connectivity index (χ0v) is 19.9. The molecule has 0 spiro atoms. The number of nitriles is 1. The van der Waals surface area contributed by atoms with E-state index in [0.29, 0.717) is 22.6 Å². The van der Waals surface area contributed by atoms with Crippen LogP contribution in [-0.2, 0) is 14.4 Å². The van der Waals surface area contributed by atoms with Crippen molar-refractivity contribution in [2.45, 2.75) is 13.0 Å². The van der Waals surface area contributed by atoms with E-state index in [1.165, 1.54) is 55.3 Å². The van der Waals surface area contributed by atoms with Gasteiger partial charge in [0.2, 0.25) is 0 Å². The quantitative estimate of drug-likeness (QED) is 0.175. The van der Waals surface area contributed by atoms with Gasteiger partial charge in [-0.2, -0.15) is 5.26 Å². The Hall–Kier alpha value is -4.61. The number of rotatable bonds is 5. The summed E-state index contributed by atoms with van der Waals surface area (Å²) in [4.78, 5) is 39.1. The van der Waals surface area contributed by atoms with Gasteiger partial charge in [0.15, 0.2) is 0 Å². The molecule has 3 aromatic rings. The minimum atomic E-state index is -1.04. The standard InChI is InChI=1S/C27H19ClN2O6/c1-15(31)36-19-9-5-17(6-10-19)24-23(25(32)21-13-20(35-2)11-12-22(21)28)26(33)27(34)30(24)18-7-3-16(14-29)4-8-18/h3-13,24,32H,1-2H3/b25-23+. The van der Waals surface area contributed by atoms with Crippen LogP contribution in [0.1, 0.15) is 29.7 Å². The van der Waals surface area contributed by atoms with E-state index in [4.69, 9.17) is 26.3 Å². The second-order valence-corrected chi connectivity index (χ2v) is 8.24. The number of esters is 1. The van der Waals surface area contributed by atoms with Crippen LogP contribution >= 0.6 is 11.6 Å². The fourth-order valence-corrected chi connectivity index (χ4v) is 4.16. The summed E-state index contributed by atoms with van der Waals surface area (Å²) >= 11 is 6.32. The number of nitrogens with zero attached hydrogens (tertiary/aromatic N) is 2. The van der Waals surface area contributed by atoms with Crippen LogP contribution in [0.2, 0.25) is 5.02 Å². The molecule has 1 unspecified atom stereocenters. The molecule has 9 heteroatoms. The van der Waals surface area contributed by atoms with Gasteiger partial charge >= 0.3 is 5.97 Å². The third kappa shape index (κ3) is 4.52. The number of ketones is 1. The SMILES string of the molecule is COc1ccc(Cl)c(/C(O)=C2\C(=O)C(=O)N(c3ccc(C#N)cc3)C2c2ccc(OC(C)=O)cc2)c1. The number of anilines is 1. The van der Waals surface area contributed by atoms with Crippen molar-refractivity contribution in [3.8, 4) is 17.6 Å². The number of benzene rings is 3. The number of amides is 1. The third-order valence-electron chi connectivity index (χ3n) is 5.61. The van der Waals surface area contributed by atoms with Gasteiger partial charge in [-0.05, 0) is 60.2 Å². The first-order chi connectivity index (χ1) is 17.2. The summed E-state index contributed by atoms with van der Waals surface area (Å²) in [6, 6.07) is 17.9. The Labute approximate surface area is 211 Å². The van der Waals surface area contributed by atoms with Crippen molar-refractivity contribution in [2.75, 3.05) is 12.0 Å².